The fourth-order valence-electron chi connectivity index (χ4n) is 4.91. The van der Waals surface area contributed by atoms with E-state index in [9.17, 15) is 9.59 Å². The lowest BCUT2D eigenvalue weighted by Gasteiger charge is -2.34. The van der Waals surface area contributed by atoms with Gasteiger partial charge in [-0.1, -0.05) is 18.2 Å². The Bertz CT molecular complexity index is 1230. The number of carbonyl (C=O) groups is 2. The van der Waals surface area contributed by atoms with E-state index in [0.717, 1.165) is 45.7 Å². The Balaban J connectivity index is 1.27. The number of benzene rings is 2. The second kappa shape index (κ2) is 8.58. The molecule has 1 N–H and O–H groups in total. The highest BCUT2D eigenvalue weighted by Crippen LogP contribution is 2.38. The average Bonchev–Trinajstić information content (AvgIpc) is 3.44. The molecule has 33 heavy (non-hydrogen) atoms. The van der Waals surface area contributed by atoms with Crippen LogP contribution >= 0.6 is 11.3 Å². The van der Waals surface area contributed by atoms with Crippen molar-refractivity contribution in [3.8, 4) is 16.2 Å². The number of hydrogen-bond acceptors (Lipinski definition) is 5. The summed E-state index contributed by atoms with van der Waals surface area (Å²) in [5.74, 6) is 1.09. The number of nitrogens with one attached hydrogen (secondary N) is 1. The van der Waals surface area contributed by atoms with E-state index in [1.54, 1.807) is 6.92 Å². The van der Waals surface area contributed by atoms with Crippen molar-refractivity contribution >= 4 is 33.8 Å². The van der Waals surface area contributed by atoms with Gasteiger partial charge in [0, 0.05) is 29.4 Å². The van der Waals surface area contributed by atoms with E-state index in [-0.39, 0.29) is 29.3 Å². The lowest BCUT2D eigenvalue weighted by molar-refractivity contribution is -0.135. The smallest absolute Gasteiger partial charge is 0.223 e. The van der Waals surface area contributed by atoms with E-state index < -0.39 is 0 Å². The lowest BCUT2D eigenvalue weighted by atomic mass is 9.88. The quantitative estimate of drug-likeness (QED) is 0.515. The summed E-state index contributed by atoms with van der Waals surface area (Å²) in [5, 5.41) is 5.45. The highest BCUT2D eigenvalue weighted by atomic mass is 32.1. The third kappa shape index (κ3) is 4.55. The number of thiophene rings is 1. The second-order valence-electron chi connectivity index (χ2n) is 9.69. The molecular weight excluding hydrogens is 434 g/mol. The summed E-state index contributed by atoms with van der Waals surface area (Å²) in [6.45, 7) is 6.82. The maximum atomic E-state index is 12.7. The van der Waals surface area contributed by atoms with Crippen molar-refractivity contribution in [2.24, 2.45) is 5.92 Å². The Morgan fingerprint density at radius 1 is 1.15 bits per heavy atom. The Kier molecular flexibility index (Phi) is 5.75. The molecule has 0 aliphatic carbocycles. The van der Waals surface area contributed by atoms with Gasteiger partial charge in [0.1, 0.15) is 11.9 Å². The van der Waals surface area contributed by atoms with Crippen molar-refractivity contribution in [2.45, 2.75) is 51.7 Å². The van der Waals surface area contributed by atoms with Crippen LogP contribution in [0.25, 0.3) is 21.2 Å². The molecule has 6 heteroatoms. The van der Waals surface area contributed by atoms with Crippen LogP contribution in [0.15, 0.2) is 42.5 Å². The number of rotatable bonds is 5. The summed E-state index contributed by atoms with van der Waals surface area (Å²) in [7, 11) is 0. The lowest BCUT2D eigenvalue weighted by Crippen LogP contribution is -2.43. The van der Waals surface area contributed by atoms with Crippen LogP contribution in [0, 0.1) is 5.92 Å². The number of hydrogen-bond donors (Lipinski definition) is 1. The van der Waals surface area contributed by atoms with Gasteiger partial charge in [-0.3, -0.25) is 9.59 Å². The van der Waals surface area contributed by atoms with Gasteiger partial charge in [0.25, 0.3) is 0 Å². The zero-order valence-electron chi connectivity index (χ0n) is 19.3. The molecule has 1 aromatic heterocycles. The molecule has 3 heterocycles. The number of Topliss-reactive ketones (excluding diaryl/α,β-unsaturated/α-hetero) is 1. The Hall–Kier alpha value is -2.70. The summed E-state index contributed by atoms with van der Waals surface area (Å²) in [4.78, 5) is 26.2. The molecule has 0 bridgehead atoms. The van der Waals surface area contributed by atoms with Gasteiger partial charge in [0.15, 0.2) is 5.78 Å². The monoisotopic (exact) mass is 463 g/mol. The van der Waals surface area contributed by atoms with Crippen LogP contribution in [0.3, 0.4) is 0 Å². The molecule has 1 amide bonds. The summed E-state index contributed by atoms with van der Waals surface area (Å²) in [6, 6.07) is 14.4. The zero-order chi connectivity index (χ0) is 23.2. The molecule has 2 aromatic carbocycles. The van der Waals surface area contributed by atoms with E-state index in [1.165, 1.54) is 22.3 Å². The van der Waals surface area contributed by atoms with Crippen LogP contribution in [-0.2, 0) is 16.0 Å². The van der Waals surface area contributed by atoms with Gasteiger partial charge in [0.2, 0.25) is 5.91 Å². The van der Waals surface area contributed by atoms with E-state index in [4.69, 9.17) is 9.47 Å². The molecule has 0 unspecified atom stereocenters. The van der Waals surface area contributed by atoms with Crippen LogP contribution in [0.5, 0.6) is 5.75 Å². The molecule has 1 saturated heterocycles. The number of carbonyl (C=O) groups excluding carboxylic acids is 2. The fraction of sp³-hybridized carbons (Fsp3) is 0.407. The average molecular weight is 464 g/mol. The van der Waals surface area contributed by atoms with Crippen LogP contribution in [0.1, 0.15) is 48.8 Å². The molecule has 0 saturated carbocycles. The molecule has 5 rings (SSSR count). The van der Waals surface area contributed by atoms with Gasteiger partial charge < -0.3 is 14.8 Å². The molecular formula is C27H29NO4S. The van der Waals surface area contributed by atoms with Gasteiger partial charge in [-0.15, -0.1) is 11.3 Å². The number of amides is 1. The number of ketones is 1. The Morgan fingerprint density at radius 2 is 2.00 bits per heavy atom. The highest BCUT2D eigenvalue weighted by molar-refractivity contribution is 7.17. The van der Waals surface area contributed by atoms with Crippen molar-refractivity contribution in [3.63, 3.8) is 0 Å². The fourth-order valence-corrected chi connectivity index (χ4v) is 5.81. The molecule has 2 aliphatic heterocycles. The summed E-state index contributed by atoms with van der Waals surface area (Å²) in [5.41, 5.74) is 2.07. The first kappa shape index (κ1) is 22.1. The van der Waals surface area contributed by atoms with Crippen LogP contribution in [0.4, 0.5) is 0 Å². The topological polar surface area (TPSA) is 64.6 Å². The van der Waals surface area contributed by atoms with Gasteiger partial charge >= 0.3 is 0 Å². The number of ether oxygens (including phenoxy) is 2. The maximum Gasteiger partial charge on any atom is 0.223 e. The van der Waals surface area contributed by atoms with Gasteiger partial charge in [0.05, 0.1) is 17.0 Å². The standard InChI is InChI=1S/C27H29NO4S/c1-16(29)24-8-9-25(33-24)18-4-6-21-17(12-18)5-7-23-22(21)13-20(32-23)15-28-26(30)19-10-11-31-27(2,3)14-19/h4-9,12,19-20H,10-11,13-15H2,1-3H3,(H,28,30)/t19-,20+/m1/s1. The van der Waals surface area contributed by atoms with Crippen LogP contribution < -0.4 is 10.1 Å². The van der Waals surface area contributed by atoms with E-state index in [0.29, 0.717) is 13.2 Å². The molecule has 172 valence electrons. The highest BCUT2D eigenvalue weighted by Gasteiger charge is 2.33. The minimum atomic E-state index is -0.241. The van der Waals surface area contributed by atoms with Crippen molar-refractivity contribution in [1.29, 1.82) is 0 Å². The summed E-state index contributed by atoms with van der Waals surface area (Å²) < 4.78 is 11.9. The van der Waals surface area contributed by atoms with E-state index in [1.807, 2.05) is 32.0 Å². The molecule has 0 spiro atoms. The summed E-state index contributed by atoms with van der Waals surface area (Å²) >= 11 is 1.53. The first-order chi connectivity index (χ1) is 15.8. The Labute approximate surface area is 198 Å². The predicted molar refractivity (Wildman–Crippen MR) is 131 cm³/mol. The minimum Gasteiger partial charge on any atom is -0.488 e. The SMILES string of the molecule is CC(=O)c1ccc(-c2ccc3c4c(ccc3c2)O[C@H](CNC(=O)[C@@H]2CCOC(C)(C)C2)C4)s1. The third-order valence-electron chi connectivity index (χ3n) is 6.62. The minimum absolute atomic E-state index is 0.00227. The molecule has 2 aliphatic rings. The van der Waals surface area contributed by atoms with Crippen LogP contribution in [-0.4, -0.2) is 36.5 Å². The first-order valence-corrected chi connectivity index (χ1v) is 12.4. The maximum absolute atomic E-state index is 12.7. The van der Waals surface area contributed by atoms with E-state index in [2.05, 4.69) is 29.6 Å². The van der Waals surface area contributed by atoms with Gasteiger partial charge in [-0.05, 0) is 74.2 Å². The third-order valence-corrected chi connectivity index (χ3v) is 7.86. The molecule has 1 fully saturated rings. The first-order valence-electron chi connectivity index (χ1n) is 11.5. The molecule has 3 aromatic rings. The van der Waals surface area contributed by atoms with Gasteiger partial charge in [-0.2, -0.15) is 0 Å². The largest absolute Gasteiger partial charge is 0.488 e. The van der Waals surface area contributed by atoms with E-state index >= 15 is 0 Å². The Morgan fingerprint density at radius 3 is 2.76 bits per heavy atom. The number of fused-ring (bicyclic) bond motifs is 3. The van der Waals surface area contributed by atoms with Crippen molar-refractivity contribution in [2.75, 3.05) is 13.2 Å². The second-order valence-corrected chi connectivity index (χ2v) is 10.8. The normalized spacial score (nSPS) is 21.4. The van der Waals surface area contributed by atoms with Crippen molar-refractivity contribution in [1.82, 2.24) is 5.32 Å². The summed E-state index contributed by atoms with van der Waals surface area (Å²) in [6.07, 6.45) is 2.23. The van der Waals surface area contributed by atoms with Gasteiger partial charge in [-0.25, -0.2) is 0 Å². The molecule has 2 atom stereocenters. The zero-order valence-corrected chi connectivity index (χ0v) is 20.1. The van der Waals surface area contributed by atoms with Crippen molar-refractivity contribution < 1.29 is 19.1 Å². The molecule has 5 nitrogen and oxygen atoms in total. The predicted octanol–water partition coefficient (Wildman–Crippen LogP) is 5.40. The van der Waals surface area contributed by atoms with Crippen molar-refractivity contribution in [3.05, 3.63) is 52.9 Å². The van der Waals surface area contributed by atoms with Crippen LogP contribution in [0.2, 0.25) is 0 Å². The molecule has 0 radical (unpaired) electrons.